The van der Waals surface area contributed by atoms with Crippen LogP contribution < -0.4 is 15.0 Å². The molecule has 0 saturated carbocycles. The van der Waals surface area contributed by atoms with Crippen molar-refractivity contribution in [2.24, 2.45) is 0 Å². The van der Waals surface area contributed by atoms with Gasteiger partial charge in [0, 0.05) is 29.7 Å². The van der Waals surface area contributed by atoms with Gasteiger partial charge < -0.3 is 10.1 Å². The van der Waals surface area contributed by atoms with Crippen molar-refractivity contribution >= 4 is 17.6 Å². The summed E-state index contributed by atoms with van der Waals surface area (Å²) < 4.78 is 7.10. The number of carbonyl (C=O) groups excluding carboxylic acids is 2. The molecular weight excluding hydrogens is 392 g/mol. The van der Waals surface area contributed by atoms with E-state index in [2.05, 4.69) is 5.32 Å². The minimum absolute atomic E-state index is 0.0651. The Morgan fingerprint density at radius 3 is 2.48 bits per heavy atom. The highest BCUT2D eigenvalue weighted by Gasteiger charge is 2.26. The van der Waals surface area contributed by atoms with Crippen LogP contribution >= 0.6 is 0 Å². The monoisotopic (exact) mass is 418 g/mol. The molecule has 1 aliphatic heterocycles. The molecular formula is C24H26N4O3. The van der Waals surface area contributed by atoms with Crippen LogP contribution in [-0.4, -0.2) is 34.7 Å². The summed E-state index contributed by atoms with van der Waals surface area (Å²) in [7, 11) is 1.64. The minimum atomic E-state index is -0.0993. The number of hydrogen-bond donors (Lipinski definition) is 1. The van der Waals surface area contributed by atoms with Gasteiger partial charge in [0.2, 0.25) is 5.91 Å². The number of carbonyl (C=O) groups is 2. The van der Waals surface area contributed by atoms with E-state index in [9.17, 15) is 9.59 Å². The first-order valence-corrected chi connectivity index (χ1v) is 10.4. The van der Waals surface area contributed by atoms with Crippen molar-refractivity contribution in [1.29, 1.82) is 0 Å². The Kier molecular flexibility index (Phi) is 5.75. The maximum atomic E-state index is 12.7. The quantitative estimate of drug-likeness (QED) is 0.663. The molecule has 2 aromatic carbocycles. The average molecular weight is 418 g/mol. The summed E-state index contributed by atoms with van der Waals surface area (Å²) in [5, 5.41) is 7.58. The van der Waals surface area contributed by atoms with Gasteiger partial charge in [0.15, 0.2) is 0 Å². The minimum Gasteiger partial charge on any atom is -0.497 e. The van der Waals surface area contributed by atoms with Crippen LogP contribution in [0.1, 0.15) is 36.2 Å². The second kappa shape index (κ2) is 8.63. The molecule has 0 fully saturated rings. The first-order chi connectivity index (χ1) is 14.9. The molecule has 1 aromatic heterocycles. The van der Waals surface area contributed by atoms with Crippen molar-refractivity contribution in [2.75, 3.05) is 12.0 Å². The Labute approximate surface area is 181 Å². The van der Waals surface area contributed by atoms with E-state index in [0.29, 0.717) is 25.1 Å². The average Bonchev–Trinajstić information content (AvgIpc) is 3.20. The lowest BCUT2D eigenvalue weighted by molar-refractivity contribution is -0.119. The molecule has 2 amide bonds. The fourth-order valence-corrected chi connectivity index (χ4v) is 3.61. The molecule has 0 radical (unpaired) electrons. The smallest absolute Gasteiger partial charge is 0.251 e. The predicted octanol–water partition coefficient (Wildman–Crippen LogP) is 3.63. The molecule has 160 valence electrons. The summed E-state index contributed by atoms with van der Waals surface area (Å²) in [5.41, 5.74) is 3.35. The van der Waals surface area contributed by atoms with Gasteiger partial charge in [-0.2, -0.15) is 5.10 Å². The van der Waals surface area contributed by atoms with Crippen LogP contribution in [0.2, 0.25) is 0 Å². The number of hydrogen-bond acceptors (Lipinski definition) is 4. The topological polar surface area (TPSA) is 76.5 Å². The Morgan fingerprint density at radius 2 is 1.84 bits per heavy atom. The van der Waals surface area contributed by atoms with Crippen LogP contribution in [0.3, 0.4) is 0 Å². The van der Waals surface area contributed by atoms with E-state index in [1.54, 1.807) is 24.1 Å². The van der Waals surface area contributed by atoms with Crippen molar-refractivity contribution in [2.45, 2.75) is 39.4 Å². The fourth-order valence-electron chi connectivity index (χ4n) is 3.61. The first-order valence-electron chi connectivity index (χ1n) is 10.4. The van der Waals surface area contributed by atoms with Gasteiger partial charge in [-0.15, -0.1) is 0 Å². The maximum absolute atomic E-state index is 12.7. The number of nitrogens with one attached hydrogen (secondary N) is 1. The second-order valence-corrected chi connectivity index (χ2v) is 7.89. The maximum Gasteiger partial charge on any atom is 0.251 e. The molecule has 7 heteroatoms. The van der Waals surface area contributed by atoms with Crippen molar-refractivity contribution < 1.29 is 14.3 Å². The van der Waals surface area contributed by atoms with Crippen molar-refractivity contribution in [3.63, 3.8) is 0 Å². The highest BCUT2D eigenvalue weighted by molar-refractivity contribution is 5.95. The Hall–Kier alpha value is -3.61. The molecule has 7 nitrogen and oxygen atoms in total. The third kappa shape index (κ3) is 4.45. The highest BCUT2D eigenvalue weighted by atomic mass is 16.5. The Morgan fingerprint density at radius 1 is 1.13 bits per heavy atom. The molecule has 4 rings (SSSR count). The molecule has 2 heterocycles. The first kappa shape index (κ1) is 20.7. The Balaban J connectivity index is 1.55. The second-order valence-electron chi connectivity index (χ2n) is 7.89. The van der Waals surface area contributed by atoms with E-state index in [1.165, 1.54) is 0 Å². The highest BCUT2D eigenvalue weighted by Crippen LogP contribution is 2.30. The van der Waals surface area contributed by atoms with Gasteiger partial charge in [-0.05, 0) is 55.8 Å². The van der Waals surface area contributed by atoms with Crippen LogP contribution in [0, 0.1) is 0 Å². The van der Waals surface area contributed by atoms with Crippen LogP contribution in [-0.2, 0) is 17.9 Å². The van der Waals surface area contributed by atoms with E-state index in [-0.39, 0.29) is 17.9 Å². The predicted molar refractivity (Wildman–Crippen MR) is 119 cm³/mol. The molecule has 0 unspecified atom stereocenters. The van der Waals surface area contributed by atoms with Gasteiger partial charge in [-0.25, -0.2) is 4.68 Å². The summed E-state index contributed by atoms with van der Waals surface area (Å²) in [6, 6.07) is 17.1. The van der Waals surface area contributed by atoms with Crippen LogP contribution in [0.4, 0.5) is 5.82 Å². The van der Waals surface area contributed by atoms with Crippen LogP contribution in [0.25, 0.3) is 11.3 Å². The third-order valence-corrected chi connectivity index (χ3v) is 5.24. The number of aryl methyl sites for hydroxylation is 1. The lowest BCUT2D eigenvalue weighted by Crippen LogP contribution is -2.37. The zero-order chi connectivity index (χ0) is 22.0. The van der Waals surface area contributed by atoms with Crippen molar-refractivity contribution in [3.8, 4) is 17.0 Å². The molecule has 1 N–H and O–H groups in total. The number of benzene rings is 2. The van der Waals surface area contributed by atoms with E-state index < -0.39 is 0 Å². The summed E-state index contributed by atoms with van der Waals surface area (Å²) in [4.78, 5) is 26.6. The van der Waals surface area contributed by atoms with Gasteiger partial charge >= 0.3 is 0 Å². The van der Waals surface area contributed by atoms with E-state index in [0.717, 1.165) is 28.4 Å². The number of rotatable bonds is 6. The molecule has 31 heavy (non-hydrogen) atoms. The van der Waals surface area contributed by atoms with E-state index in [1.807, 2.05) is 61.0 Å². The van der Waals surface area contributed by atoms with Crippen molar-refractivity contribution in [3.05, 3.63) is 65.7 Å². The Bertz CT molecular complexity index is 1090. The molecule has 0 atom stereocenters. The van der Waals surface area contributed by atoms with E-state index >= 15 is 0 Å². The van der Waals surface area contributed by atoms with Gasteiger partial charge in [-0.1, -0.05) is 12.1 Å². The number of aromatic nitrogens is 2. The number of methoxy groups -OCH3 is 1. The molecule has 0 aliphatic carbocycles. The lowest BCUT2D eigenvalue weighted by atomic mass is 10.1. The van der Waals surface area contributed by atoms with Gasteiger partial charge in [0.1, 0.15) is 11.6 Å². The molecule has 0 spiro atoms. The molecule has 3 aromatic rings. The third-order valence-electron chi connectivity index (χ3n) is 5.24. The van der Waals surface area contributed by atoms with Crippen LogP contribution in [0.15, 0.2) is 54.6 Å². The largest absolute Gasteiger partial charge is 0.497 e. The molecule has 0 saturated heterocycles. The summed E-state index contributed by atoms with van der Waals surface area (Å²) >= 11 is 0. The van der Waals surface area contributed by atoms with Crippen LogP contribution in [0.5, 0.6) is 5.75 Å². The van der Waals surface area contributed by atoms with Crippen molar-refractivity contribution in [1.82, 2.24) is 15.1 Å². The fraction of sp³-hybridized carbons (Fsp3) is 0.292. The summed E-state index contributed by atoms with van der Waals surface area (Å²) in [6.07, 6.45) is 0.408. The number of fused-ring (bicyclic) bond motifs is 1. The summed E-state index contributed by atoms with van der Waals surface area (Å²) in [5.74, 6) is 1.53. The SMILES string of the molecule is COc1ccc(-c2cc3n(n2)CCC(=O)N3Cc2ccc(C(=O)NC(C)C)cc2)cc1. The number of anilines is 1. The summed E-state index contributed by atoms with van der Waals surface area (Å²) in [6.45, 7) is 4.85. The van der Waals surface area contributed by atoms with Gasteiger partial charge in [0.05, 0.1) is 25.9 Å². The number of ether oxygens (including phenoxy) is 1. The number of nitrogens with zero attached hydrogens (tertiary/aromatic N) is 3. The van der Waals surface area contributed by atoms with E-state index in [4.69, 9.17) is 9.84 Å². The molecule has 0 bridgehead atoms. The lowest BCUT2D eigenvalue weighted by Gasteiger charge is -2.27. The molecule has 1 aliphatic rings. The normalized spacial score (nSPS) is 13.3. The van der Waals surface area contributed by atoms with Gasteiger partial charge in [-0.3, -0.25) is 14.5 Å². The zero-order valence-electron chi connectivity index (χ0n) is 18.0. The number of amides is 2. The zero-order valence-corrected chi connectivity index (χ0v) is 18.0. The van der Waals surface area contributed by atoms with Gasteiger partial charge in [0.25, 0.3) is 5.91 Å². The standard InChI is InChI=1S/C24H26N4O3/c1-16(2)25-24(30)19-6-4-17(5-7-19)15-27-22-14-21(26-28(22)13-12-23(27)29)18-8-10-20(31-3)11-9-18/h4-11,14,16H,12-13,15H2,1-3H3,(H,25,30).